The second-order valence-corrected chi connectivity index (χ2v) is 8.93. The third-order valence-electron chi connectivity index (χ3n) is 4.42. The highest BCUT2D eigenvalue weighted by molar-refractivity contribution is 7.89. The van der Waals surface area contributed by atoms with Gasteiger partial charge in [-0.15, -0.1) is 0 Å². The average molecular weight is 368 g/mol. The molecule has 0 unspecified atom stereocenters. The predicted octanol–water partition coefficient (Wildman–Crippen LogP) is 1.85. The maximum atomic E-state index is 12.9. The highest BCUT2D eigenvalue weighted by Gasteiger charge is 2.28. The number of benzene rings is 1. The fourth-order valence-corrected chi connectivity index (χ4v) is 4.81. The van der Waals surface area contributed by atoms with Crippen LogP contribution in [0.1, 0.15) is 45.1 Å². The first-order valence-corrected chi connectivity index (χ1v) is 10.4. The molecular formula is C18H29N3O3S. The topological polar surface area (TPSA) is 92.5 Å². The molecule has 0 aromatic heterocycles. The van der Waals surface area contributed by atoms with Crippen molar-refractivity contribution >= 4 is 15.9 Å². The zero-order chi connectivity index (χ0) is 18.4. The summed E-state index contributed by atoms with van der Waals surface area (Å²) in [5.74, 6) is 0.0754. The number of nitrogens with zero attached hydrogens (tertiary/aromatic N) is 1. The molecule has 0 bridgehead atoms. The summed E-state index contributed by atoms with van der Waals surface area (Å²) < 4.78 is 27.4. The summed E-state index contributed by atoms with van der Waals surface area (Å²) in [7, 11) is -3.53. The number of hydrogen-bond acceptors (Lipinski definition) is 4. The van der Waals surface area contributed by atoms with Crippen molar-refractivity contribution in [3.63, 3.8) is 0 Å². The Morgan fingerprint density at radius 3 is 2.48 bits per heavy atom. The van der Waals surface area contributed by atoms with Gasteiger partial charge in [-0.3, -0.25) is 4.79 Å². The molecule has 3 N–H and O–H groups in total. The largest absolute Gasteiger partial charge is 0.351 e. The molecule has 7 heteroatoms. The van der Waals surface area contributed by atoms with Crippen LogP contribution >= 0.6 is 0 Å². The van der Waals surface area contributed by atoms with E-state index in [1.165, 1.54) is 0 Å². The monoisotopic (exact) mass is 367 g/mol. The smallest absolute Gasteiger partial charge is 0.243 e. The van der Waals surface area contributed by atoms with Crippen molar-refractivity contribution in [2.75, 3.05) is 13.1 Å². The van der Waals surface area contributed by atoms with Crippen LogP contribution in [-0.4, -0.2) is 37.8 Å². The van der Waals surface area contributed by atoms with Crippen LogP contribution in [0.15, 0.2) is 29.2 Å². The van der Waals surface area contributed by atoms with Crippen LogP contribution in [0.25, 0.3) is 0 Å². The summed E-state index contributed by atoms with van der Waals surface area (Å²) in [5, 5.41) is 2.77. The van der Waals surface area contributed by atoms with Crippen LogP contribution in [-0.2, 0) is 21.4 Å². The Hall–Kier alpha value is -1.44. The van der Waals surface area contributed by atoms with E-state index in [0.29, 0.717) is 31.0 Å². The third-order valence-corrected chi connectivity index (χ3v) is 6.42. The number of hydrogen-bond donors (Lipinski definition) is 2. The van der Waals surface area contributed by atoms with Crippen molar-refractivity contribution in [3.8, 4) is 0 Å². The van der Waals surface area contributed by atoms with E-state index in [4.69, 9.17) is 5.73 Å². The van der Waals surface area contributed by atoms with Gasteiger partial charge in [0.1, 0.15) is 0 Å². The van der Waals surface area contributed by atoms with Crippen molar-refractivity contribution in [2.45, 2.75) is 57.0 Å². The maximum absolute atomic E-state index is 12.9. The Bertz CT molecular complexity index is 683. The number of amides is 1. The Labute approximate surface area is 150 Å². The molecular weight excluding hydrogens is 338 g/mol. The molecule has 0 saturated carbocycles. The summed E-state index contributed by atoms with van der Waals surface area (Å²) in [6, 6.07) is 6.27. The molecule has 1 heterocycles. The minimum atomic E-state index is -3.53. The molecule has 1 saturated heterocycles. The maximum Gasteiger partial charge on any atom is 0.243 e. The molecule has 1 aromatic carbocycles. The lowest BCUT2D eigenvalue weighted by molar-refractivity contribution is -0.122. The molecule has 1 fully saturated rings. The molecule has 140 valence electrons. The van der Waals surface area contributed by atoms with E-state index in [-0.39, 0.29) is 17.3 Å². The first kappa shape index (κ1) is 19.9. The summed E-state index contributed by atoms with van der Waals surface area (Å²) in [4.78, 5) is 12.4. The molecule has 1 atom stereocenters. The fourth-order valence-electron chi connectivity index (χ4n) is 3.07. The molecule has 25 heavy (non-hydrogen) atoms. The van der Waals surface area contributed by atoms with Crippen LogP contribution in [0.4, 0.5) is 0 Å². The van der Waals surface area contributed by atoms with E-state index in [2.05, 4.69) is 5.32 Å². The van der Waals surface area contributed by atoms with Gasteiger partial charge in [0.05, 0.1) is 10.9 Å². The van der Waals surface area contributed by atoms with Crippen molar-refractivity contribution < 1.29 is 13.2 Å². The summed E-state index contributed by atoms with van der Waals surface area (Å²) >= 11 is 0. The SMILES string of the molecule is CC(C)C[C@H](N)C(=O)NCc1ccccc1S(=O)(=O)N1CCCCC1. The molecule has 1 aromatic rings. The van der Waals surface area contributed by atoms with Gasteiger partial charge in [-0.25, -0.2) is 8.42 Å². The van der Waals surface area contributed by atoms with Crippen molar-refractivity contribution in [2.24, 2.45) is 11.7 Å². The minimum Gasteiger partial charge on any atom is -0.351 e. The van der Waals surface area contributed by atoms with Crippen molar-refractivity contribution in [1.82, 2.24) is 9.62 Å². The first-order valence-electron chi connectivity index (χ1n) is 8.93. The lowest BCUT2D eigenvalue weighted by atomic mass is 10.0. The van der Waals surface area contributed by atoms with Gasteiger partial charge in [-0.1, -0.05) is 38.5 Å². The standard InChI is InChI=1S/C18H29N3O3S/c1-14(2)12-16(19)18(22)20-13-15-8-4-5-9-17(15)25(23,24)21-10-6-3-7-11-21/h4-5,8-9,14,16H,3,6-7,10-13,19H2,1-2H3,(H,20,22)/t16-/m0/s1. The van der Waals surface area contributed by atoms with Gasteiger partial charge >= 0.3 is 0 Å². The van der Waals surface area contributed by atoms with Crippen LogP contribution in [0.2, 0.25) is 0 Å². The van der Waals surface area contributed by atoms with Crippen LogP contribution < -0.4 is 11.1 Å². The minimum absolute atomic E-state index is 0.161. The van der Waals surface area contributed by atoms with E-state index in [1.807, 2.05) is 13.8 Å². The van der Waals surface area contributed by atoms with Gasteiger partial charge in [-0.05, 0) is 36.8 Å². The fraction of sp³-hybridized carbons (Fsp3) is 0.611. The molecule has 1 aliphatic heterocycles. The Kier molecular flexibility index (Phi) is 6.98. The van der Waals surface area contributed by atoms with E-state index in [9.17, 15) is 13.2 Å². The molecule has 0 aliphatic carbocycles. The Morgan fingerprint density at radius 1 is 1.20 bits per heavy atom. The number of piperidine rings is 1. The third kappa shape index (κ3) is 5.26. The summed E-state index contributed by atoms with van der Waals surface area (Å²) in [6.07, 6.45) is 3.45. The predicted molar refractivity (Wildman–Crippen MR) is 98.3 cm³/mol. The van der Waals surface area contributed by atoms with Gasteiger partial charge < -0.3 is 11.1 Å². The first-order chi connectivity index (χ1) is 11.8. The molecule has 2 rings (SSSR count). The summed E-state index contributed by atoms with van der Waals surface area (Å²) in [5.41, 5.74) is 6.48. The normalized spacial score (nSPS) is 17.4. The van der Waals surface area contributed by atoms with E-state index in [0.717, 1.165) is 19.3 Å². The van der Waals surface area contributed by atoms with Gasteiger partial charge in [-0.2, -0.15) is 4.31 Å². The lowest BCUT2D eigenvalue weighted by Gasteiger charge is -2.27. The quantitative estimate of drug-likeness (QED) is 0.769. The zero-order valence-corrected chi connectivity index (χ0v) is 15.9. The number of rotatable bonds is 7. The summed E-state index contributed by atoms with van der Waals surface area (Å²) in [6.45, 7) is 5.29. The molecule has 6 nitrogen and oxygen atoms in total. The van der Waals surface area contributed by atoms with Crippen molar-refractivity contribution in [1.29, 1.82) is 0 Å². The Morgan fingerprint density at radius 2 is 1.84 bits per heavy atom. The second kappa shape index (κ2) is 8.78. The number of nitrogens with one attached hydrogen (secondary N) is 1. The zero-order valence-electron chi connectivity index (χ0n) is 15.1. The van der Waals surface area contributed by atoms with Crippen molar-refractivity contribution in [3.05, 3.63) is 29.8 Å². The van der Waals surface area contributed by atoms with E-state index in [1.54, 1.807) is 28.6 Å². The van der Waals surface area contributed by atoms with Crippen LogP contribution in [0.5, 0.6) is 0 Å². The van der Waals surface area contributed by atoms with Crippen LogP contribution in [0.3, 0.4) is 0 Å². The molecule has 0 spiro atoms. The van der Waals surface area contributed by atoms with Gasteiger partial charge in [0.2, 0.25) is 15.9 Å². The van der Waals surface area contributed by atoms with E-state index < -0.39 is 16.1 Å². The highest BCUT2D eigenvalue weighted by atomic mass is 32.2. The number of nitrogens with two attached hydrogens (primary N) is 1. The highest BCUT2D eigenvalue weighted by Crippen LogP contribution is 2.23. The molecule has 0 radical (unpaired) electrons. The molecule has 1 aliphatic rings. The van der Waals surface area contributed by atoms with Gasteiger partial charge in [0.25, 0.3) is 0 Å². The van der Waals surface area contributed by atoms with Crippen LogP contribution in [0, 0.1) is 5.92 Å². The van der Waals surface area contributed by atoms with Gasteiger partial charge in [0.15, 0.2) is 0 Å². The average Bonchev–Trinajstić information content (AvgIpc) is 2.60. The van der Waals surface area contributed by atoms with E-state index >= 15 is 0 Å². The number of sulfonamides is 1. The lowest BCUT2D eigenvalue weighted by Crippen LogP contribution is -2.41. The number of carbonyl (C=O) groups excluding carboxylic acids is 1. The second-order valence-electron chi connectivity index (χ2n) is 7.03. The number of carbonyl (C=O) groups is 1. The molecule has 1 amide bonds. The van der Waals surface area contributed by atoms with Gasteiger partial charge in [0, 0.05) is 19.6 Å². The Balaban J connectivity index is 2.11.